The highest BCUT2D eigenvalue weighted by Gasteiger charge is 2.20. The van der Waals surface area contributed by atoms with E-state index in [4.69, 9.17) is 4.74 Å². The van der Waals surface area contributed by atoms with Crippen LogP contribution in [0.5, 0.6) is 5.75 Å². The summed E-state index contributed by atoms with van der Waals surface area (Å²) in [7, 11) is 1.59. The van der Waals surface area contributed by atoms with Gasteiger partial charge in [0.1, 0.15) is 11.4 Å². The third-order valence-corrected chi connectivity index (χ3v) is 3.82. The molecule has 2 rings (SSSR count). The van der Waals surface area contributed by atoms with Crippen molar-refractivity contribution in [1.29, 1.82) is 0 Å². The second kappa shape index (κ2) is 8.32. The number of H-pyrrole nitrogens is 1. The maximum absolute atomic E-state index is 12.2. The minimum absolute atomic E-state index is 0.0865. The molecule has 134 valence electrons. The number of nitrogens with one attached hydrogen (secondary N) is 2. The van der Waals surface area contributed by atoms with Gasteiger partial charge in [0.05, 0.1) is 18.7 Å². The molecular formula is C18H23N3O4. The number of carboxylic acid groups (broad SMARTS) is 1. The summed E-state index contributed by atoms with van der Waals surface area (Å²) >= 11 is 0. The zero-order valence-corrected chi connectivity index (χ0v) is 14.6. The van der Waals surface area contributed by atoms with E-state index < -0.39 is 11.9 Å². The minimum atomic E-state index is -0.905. The summed E-state index contributed by atoms with van der Waals surface area (Å²) in [5.41, 5.74) is 1.77. The van der Waals surface area contributed by atoms with Crippen molar-refractivity contribution in [2.24, 2.45) is 11.8 Å². The maximum atomic E-state index is 12.2. The van der Waals surface area contributed by atoms with E-state index in [-0.39, 0.29) is 18.4 Å². The quantitative estimate of drug-likeness (QED) is 0.682. The summed E-state index contributed by atoms with van der Waals surface area (Å²) in [6.07, 6.45) is 0.510. The molecule has 1 amide bonds. The van der Waals surface area contributed by atoms with E-state index in [0.717, 1.165) is 11.3 Å². The molecule has 1 aromatic carbocycles. The normalized spacial score (nSPS) is 12.0. The van der Waals surface area contributed by atoms with E-state index in [0.29, 0.717) is 17.8 Å². The number of aliphatic carboxylic acids is 1. The van der Waals surface area contributed by atoms with E-state index >= 15 is 0 Å². The topological polar surface area (TPSA) is 104 Å². The molecule has 0 bridgehead atoms. The van der Waals surface area contributed by atoms with Crippen LogP contribution < -0.4 is 10.1 Å². The van der Waals surface area contributed by atoms with Crippen LogP contribution in [0.2, 0.25) is 0 Å². The number of benzene rings is 1. The summed E-state index contributed by atoms with van der Waals surface area (Å²) < 4.78 is 5.11. The largest absolute Gasteiger partial charge is 0.497 e. The van der Waals surface area contributed by atoms with Gasteiger partial charge >= 0.3 is 5.97 Å². The molecule has 0 fully saturated rings. The molecule has 0 spiro atoms. The Kier molecular flexibility index (Phi) is 6.16. The van der Waals surface area contributed by atoms with Crippen LogP contribution in [0.1, 0.15) is 30.8 Å². The molecule has 1 aromatic heterocycles. The molecule has 0 aliphatic carbocycles. The van der Waals surface area contributed by atoms with Crippen molar-refractivity contribution in [1.82, 2.24) is 15.5 Å². The Morgan fingerprint density at radius 3 is 2.52 bits per heavy atom. The SMILES string of the molecule is COc1ccc(-c2cc(C(=O)NCC(CC(C)C)C(=O)O)[nH]n2)cc1. The molecule has 7 heteroatoms. The molecule has 2 aromatic rings. The predicted molar refractivity (Wildman–Crippen MR) is 93.5 cm³/mol. The van der Waals surface area contributed by atoms with Crippen molar-refractivity contribution in [3.63, 3.8) is 0 Å². The molecule has 7 nitrogen and oxygen atoms in total. The van der Waals surface area contributed by atoms with Crippen molar-refractivity contribution in [3.05, 3.63) is 36.0 Å². The van der Waals surface area contributed by atoms with Gasteiger partial charge in [-0.25, -0.2) is 0 Å². The maximum Gasteiger partial charge on any atom is 0.308 e. The van der Waals surface area contributed by atoms with Gasteiger partial charge in [0.2, 0.25) is 0 Å². The number of aromatic nitrogens is 2. The number of hydrogen-bond donors (Lipinski definition) is 3. The minimum Gasteiger partial charge on any atom is -0.497 e. The van der Waals surface area contributed by atoms with Crippen LogP contribution in [0.3, 0.4) is 0 Å². The number of carbonyl (C=O) groups is 2. The molecule has 1 heterocycles. The zero-order valence-electron chi connectivity index (χ0n) is 14.6. The molecule has 0 aliphatic heterocycles. The number of carboxylic acids is 1. The van der Waals surface area contributed by atoms with E-state index in [1.54, 1.807) is 13.2 Å². The molecule has 3 N–H and O–H groups in total. The molecule has 0 saturated carbocycles. The number of carbonyl (C=O) groups excluding carboxylic acids is 1. The van der Waals surface area contributed by atoms with E-state index in [1.807, 2.05) is 38.1 Å². The van der Waals surface area contributed by atoms with Crippen molar-refractivity contribution in [2.75, 3.05) is 13.7 Å². The highest BCUT2D eigenvalue weighted by molar-refractivity contribution is 5.93. The average molecular weight is 345 g/mol. The lowest BCUT2D eigenvalue weighted by Gasteiger charge is -2.14. The fourth-order valence-electron chi connectivity index (χ4n) is 2.50. The van der Waals surface area contributed by atoms with Gasteiger partial charge < -0.3 is 15.2 Å². The smallest absolute Gasteiger partial charge is 0.308 e. The Balaban J connectivity index is 2.00. The first-order valence-electron chi connectivity index (χ1n) is 8.11. The van der Waals surface area contributed by atoms with Crippen molar-refractivity contribution in [3.8, 4) is 17.0 Å². The Morgan fingerprint density at radius 1 is 1.28 bits per heavy atom. The fraction of sp³-hybridized carbons (Fsp3) is 0.389. The summed E-state index contributed by atoms with van der Waals surface area (Å²) in [4.78, 5) is 23.5. The highest BCUT2D eigenvalue weighted by Crippen LogP contribution is 2.21. The number of aromatic amines is 1. The number of rotatable bonds is 8. The molecule has 0 radical (unpaired) electrons. The van der Waals surface area contributed by atoms with Crippen LogP contribution in [-0.4, -0.2) is 40.8 Å². The first-order chi connectivity index (χ1) is 11.9. The molecular weight excluding hydrogens is 322 g/mol. The van der Waals surface area contributed by atoms with Crippen LogP contribution in [-0.2, 0) is 4.79 Å². The number of nitrogens with zero attached hydrogens (tertiary/aromatic N) is 1. The van der Waals surface area contributed by atoms with Crippen molar-refractivity contribution < 1.29 is 19.4 Å². The van der Waals surface area contributed by atoms with Crippen LogP contribution in [0.25, 0.3) is 11.3 Å². The lowest BCUT2D eigenvalue weighted by Crippen LogP contribution is -2.33. The van der Waals surface area contributed by atoms with Crippen LogP contribution in [0.15, 0.2) is 30.3 Å². The van der Waals surface area contributed by atoms with Crippen LogP contribution in [0, 0.1) is 11.8 Å². The Morgan fingerprint density at radius 2 is 1.96 bits per heavy atom. The first kappa shape index (κ1) is 18.5. The van der Waals surface area contributed by atoms with E-state index in [9.17, 15) is 14.7 Å². The molecule has 0 aliphatic rings. The lowest BCUT2D eigenvalue weighted by atomic mass is 9.97. The Bertz CT molecular complexity index is 722. The van der Waals surface area contributed by atoms with Gasteiger partial charge in [-0.05, 0) is 42.7 Å². The zero-order chi connectivity index (χ0) is 18.4. The summed E-state index contributed by atoms with van der Waals surface area (Å²) in [5.74, 6) is -0.901. The molecule has 1 atom stereocenters. The number of amides is 1. The van der Waals surface area contributed by atoms with Gasteiger partial charge in [0.15, 0.2) is 0 Å². The fourth-order valence-corrected chi connectivity index (χ4v) is 2.50. The van der Waals surface area contributed by atoms with Crippen molar-refractivity contribution >= 4 is 11.9 Å². The number of ether oxygens (including phenoxy) is 1. The predicted octanol–water partition coefficient (Wildman–Crippen LogP) is 2.56. The second-order valence-electron chi connectivity index (χ2n) is 6.27. The van der Waals surface area contributed by atoms with Gasteiger partial charge in [-0.1, -0.05) is 13.8 Å². The summed E-state index contributed by atoms with van der Waals surface area (Å²) in [6, 6.07) is 8.95. The van der Waals surface area contributed by atoms with Crippen LogP contribution >= 0.6 is 0 Å². The third kappa shape index (κ3) is 5.07. The summed E-state index contributed by atoms with van der Waals surface area (Å²) in [6.45, 7) is 3.99. The second-order valence-corrected chi connectivity index (χ2v) is 6.27. The van der Waals surface area contributed by atoms with Gasteiger partial charge in [-0.3, -0.25) is 14.7 Å². The summed E-state index contributed by atoms with van der Waals surface area (Å²) in [5, 5.41) is 18.7. The Labute approximate surface area is 146 Å². The molecule has 25 heavy (non-hydrogen) atoms. The first-order valence-corrected chi connectivity index (χ1v) is 8.11. The molecule has 1 unspecified atom stereocenters. The number of methoxy groups -OCH3 is 1. The molecule has 0 saturated heterocycles. The highest BCUT2D eigenvalue weighted by atomic mass is 16.5. The third-order valence-electron chi connectivity index (χ3n) is 3.82. The van der Waals surface area contributed by atoms with E-state index in [2.05, 4.69) is 15.5 Å². The van der Waals surface area contributed by atoms with Gasteiger partial charge in [0, 0.05) is 12.1 Å². The van der Waals surface area contributed by atoms with Gasteiger partial charge in [0.25, 0.3) is 5.91 Å². The van der Waals surface area contributed by atoms with E-state index in [1.165, 1.54) is 0 Å². The Hall–Kier alpha value is -2.83. The van der Waals surface area contributed by atoms with Crippen molar-refractivity contribution in [2.45, 2.75) is 20.3 Å². The van der Waals surface area contributed by atoms with Crippen LogP contribution in [0.4, 0.5) is 0 Å². The standard InChI is InChI=1S/C18H23N3O4/c1-11(2)8-13(18(23)24)10-19-17(22)16-9-15(20-21-16)12-4-6-14(25-3)7-5-12/h4-7,9,11,13H,8,10H2,1-3H3,(H,19,22)(H,20,21)(H,23,24). The van der Waals surface area contributed by atoms with Gasteiger partial charge in [-0.15, -0.1) is 0 Å². The lowest BCUT2D eigenvalue weighted by molar-refractivity contribution is -0.142. The number of hydrogen-bond acceptors (Lipinski definition) is 4. The average Bonchev–Trinajstić information content (AvgIpc) is 3.08. The monoisotopic (exact) mass is 345 g/mol. The van der Waals surface area contributed by atoms with Gasteiger partial charge in [-0.2, -0.15) is 5.10 Å².